The highest BCUT2D eigenvalue weighted by Crippen LogP contribution is 2.10. The Hall–Kier alpha value is -4.25. The van der Waals surface area contributed by atoms with E-state index in [1.54, 1.807) is 24.3 Å². The number of ether oxygens (including phenoxy) is 2. The molecule has 262 valence electrons. The molecule has 0 heterocycles. The van der Waals surface area contributed by atoms with Crippen LogP contribution < -0.4 is 10.4 Å². The standard InChI is InChI=1S/C34H46O12Si2/c1-25(2)23-47-29-17-13-27(14-18-29)31(35)41-45-43-33(37)39-21-11-9-7-5-6-8-10-12-22-40-34(38)44-46-42-32(36)28-15-19-30(20-16-28)48-24-26(3)4/h13-20,23-24H,5-12,21-22,47-48H2,1-4H3. The second-order valence-electron chi connectivity index (χ2n) is 11.4. The Bertz CT molecular complexity index is 1230. The summed E-state index contributed by atoms with van der Waals surface area (Å²) in [4.78, 5) is 64.8. The molecule has 0 saturated carbocycles. The summed E-state index contributed by atoms with van der Waals surface area (Å²) in [5, 5.41) is 10.9. The minimum absolute atomic E-state index is 0.148. The van der Waals surface area contributed by atoms with Gasteiger partial charge in [0, 0.05) is 0 Å². The topological polar surface area (TPSA) is 142 Å². The summed E-state index contributed by atoms with van der Waals surface area (Å²) in [7, 11) is -1.05. The smallest absolute Gasteiger partial charge is 0.432 e. The van der Waals surface area contributed by atoms with Crippen LogP contribution >= 0.6 is 0 Å². The van der Waals surface area contributed by atoms with Crippen LogP contribution in [0, 0.1) is 0 Å². The second-order valence-corrected chi connectivity index (χ2v) is 14.7. The van der Waals surface area contributed by atoms with Gasteiger partial charge in [0.1, 0.15) is 0 Å². The molecule has 0 amide bonds. The van der Waals surface area contributed by atoms with E-state index in [0.29, 0.717) is 12.8 Å². The highest BCUT2D eigenvalue weighted by molar-refractivity contribution is 6.59. The molecule has 0 aromatic heterocycles. The van der Waals surface area contributed by atoms with Gasteiger partial charge in [0.15, 0.2) is 0 Å². The largest absolute Gasteiger partial charge is 0.543 e. The molecule has 2 rings (SSSR count). The lowest BCUT2D eigenvalue weighted by molar-refractivity contribution is -0.452. The average Bonchev–Trinajstić information content (AvgIpc) is 3.07. The van der Waals surface area contributed by atoms with Gasteiger partial charge in [-0.2, -0.15) is 0 Å². The Morgan fingerprint density at radius 3 is 1.17 bits per heavy atom. The van der Waals surface area contributed by atoms with Crippen molar-refractivity contribution >= 4 is 53.7 Å². The normalized spacial score (nSPS) is 10.8. The molecule has 0 fully saturated rings. The van der Waals surface area contributed by atoms with Gasteiger partial charge in [0.2, 0.25) is 0 Å². The van der Waals surface area contributed by atoms with Gasteiger partial charge in [-0.3, -0.25) is 9.78 Å². The monoisotopic (exact) mass is 702 g/mol. The number of carbonyl (C=O) groups excluding carboxylic acids is 4. The molecule has 2 aromatic rings. The van der Waals surface area contributed by atoms with Gasteiger partial charge in [-0.05, 0) is 64.8 Å². The summed E-state index contributed by atoms with van der Waals surface area (Å²) < 4.78 is 9.79. The molecular weight excluding hydrogens is 657 g/mol. The van der Waals surface area contributed by atoms with E-state index < -0.39 is 43.3 Å². The first-order chi connectivity index (χ1) is 23.1. The summed E-state index contributed by atoms with van der Waals surface area (Å²) in [6, 6.07) is 14.0. The lowest BCUT2D eigenvalue weighted by Crippen LogP contribution is -2.15. The van der Waals surface area contributed by atoms with Crippen LogP contribution in [-0.2, 0) is 39.1 Å². The zero-order valence-electron chi connectivity index (χ0n) is 28.2. The van der Waals surface area contributed by atoms with E-state index in [1.807, 2.05) is 52.0 Å². The second kappa shape index (κ2) is 24.0. The zero-order valence-corrected chi connectivity index (χ0v) is 31.0. The molecule has 0 atom stereocenters. The summed E-state index contributed by atoms with van der Waals surface area (Å²) in [5.41, 5.74) is 7.52. The van der Waals surface area contributed by atoms with Crippen molar-refractivity contribution in [2.75, 3.05) is 13.2 Å². The van der Waals surface area contributed by atoms with E-state index in [9.17, 15) is 19.2 Å². The molecule has 12 nitrogen and oxygen atoms in total. The Morgan fingerprint density at radius 2 is 0.833 bits per heavy atom. The maximum Gasteiger partial charge on any atom is 0.543 e. The maximum atomic E-state index is 12.0. The summed E-state index contributed by atoms with van der Waals surface area (Å²) >= 11 is 0. The van der Waals surface area contributed by atoms with Crippen LogP contribution in [0.3, 0.4) is 0 Å². The molecule has 0 saturated heterocycles. The van der Waals surface area contributed by atoms with Gasteiger partial charge in [0.05, 0.1) is 53.5 Å². The molecule has 0 radical (unpaired) electrons. The Morgan fingerprint density at radius 1 is 0.500 bits per heavy atom. The predicted octanol–water partition coefficient (Wildman–Crippen LogP) is 5.26. The molecule has 0 bridgehead atoms. The van der Waals surface area contributed by atoms with E-state index in [1.165, 1.54) is 21.5 Å². The molecule has 48 heavy (non-hydrogen) atoms. The fourth-order valence-corrected chi connectivity index (χ4v) is 6.37. The first-order valence-corrected chi connectivity index (χ1v) is 19.1. The molecule has 2 aromatic carbocycles. The number of benzene rings is 2. The number of unbranched alkanes of at least 4 members (excludes halogenated alkanes) is 7. The molecule has 0 spiro atoms. The van der Waals surface area contributed by atoms with Gasteiger partial charge in [0.25, 0.3) is 0 Å². The van der Waals surface area contributed by atoms with E-state index in [2.05, 4.69) is 41.0 Å². The van der Waals surface area contributed by atoms with Crippen molar-refractivity contribution in [3.05, 3.63) is 82.2 Å². The van der Waals surface area contributed by atoms with Gasteiger partial charge in [-0.15, -0.1) is 0 Å². The van der Waals surface area contributed by atoms with Gasteiger partial charge in [-0.1, -0.05) is 95.7 Å². The Labute approximate surface area is 286 Å². The SMILES string of the molecule is CC(C)=C[SiH2]c1ccc(C(=O)OOOC(=O)OCCCCCCCCCCOC(=O)OOOC(=O)c2ccc([SiH2]C=C(C)C)cc2)cc1. The minimum atomic E-state index is -1.10. The minimum Gasteiger partial charge on any atom is -0.432 e. The number of hydrogen-bond donors (Lipinski definition) is 0. The van der Waals surface area contributed by atoms with Gasteiger partial charge >= 0.3 is 24.2 Å². The molecule has 0 aliphatic rings. The van der Waals surface area contributed by atoms with E-state index in [-0.39, 0.29) is 24.3 Å². The van der Waals surface area contributed by atoms with Gasteiger partial charge < -0.3 is 9.47 Å². The van der Waals surface area contributed by atoms with Crippen LogP contribution in [0.5, 0.6) is 0 Å². The lowest BCUT2D eigenvalue weighted by atomic mass is 10.1. The van der Waals surface area contributed by atoms with E-state index in [0.717, 1.165) is 38.5 Å². The number of carbonyl (C=O) groups is 4. The summed E-state index contributed by atoms with van der Waals surface area (Å²) in [6.45, 7) is 8.49. The lowest BCUT2D eigenvalue weighted by Gasteiger charge is -2.06. The van der Waals surface area contributed by atoms with Crippen molar-refractivity contribution in [2.24, 2.45) is 0 Å². The zero-order chi connectivity index (χ0) is 35.0. The van der Waals surface area contributed by atoms with Crippen LogP contribution in [0.25, 0.3) is 0 Å². The highest BCUT2D eigenvalue weighted by atomic mass is 28.2. The van der Waals surface area contributed by atoms with Gasteiger partial charge in [-0.25, -0.2) is 29.0 Å². The molecule has 0 unspecified atom stereocenters. The third-order valence-electron chi connectivity index (χ3n) is 6.77. The van der Waals surface area contributed by atoms with E-state index in [4.69, 9.17) is 9.47 Å². The van der Waals surface area contributed by atoms with Crippen LogP contribution in [0.1, 0.15) is 99.8 Å². The Kier molecular flexibility index (Phi) is 19.9. The van der Waals surface area contributed by atoms with Crippen molar-refractivity contribution in [1.82, 2.24) is 0 Å². The van der Waals surface area contributed by atoms with Crippen molar-refractivity contribution < 1.29 is 58.3 Å². The quantitative estimate of drug-likeness (QED) is 0.0551. The van der Waals surface area contributed by atoms with Crippen LogP contribution in [0.2, 0.25) is 0 Å². The van der Waals surface area contributed by atoms with Crippen LogP contribution in [0.15, 0.2) is 71.1 Å². The molecule has 0 aliphatic carbocycles. The molecule has 0 aliphatic heterocycles. The Balaban J connectivity index is 1.38. The molecular formula is C34H46O12Si2. The number of rotatable bonds is 21. The summed E-state index contributed by atoms with van der Waals surface area (Å²) in [5.74, 6) is -1.57. The molecule has 14 heteroatoms. The number of hydrogen-bond acceptors (Lipinski definition) is 12. The molecule has 0 N–H and O–H groups in total. The third kappa shape index (κ3) is 18.8. The number of allylic oxidation sites excluding steroid dienone is 2. The van der Waals surface area contributed by atoms with Crippen LogP contribution in [-0.4, -0.2) is 56.5 Å². The first kappa shape index (κ1) is 39.9. The van der Waals surface area contributed by atoms with Crippen molar-refractivity contribution in [3.63, 3.8) is 0 Å². The van der Waals surface area contributed by atoms with Crippen molar-refractivity contribution in [1.29, 1.82) is 0 Å². The average molecular weight is 703 g/mol. The summed E-state index contributed by atoms with van der Waals surface area (Å²) in [6.07, 6.45) is 4.75. The van der Waals surface area contributed by atoms with Crippen molar-refractivity contribution in [3.8, 4) is 0 Å². The predicted molar refractivity (Wildman–Crippen MR) is 183 cm³/mol. The third-order valence-corrected chi connectivity index (χ3v) is 10.7. The first-order valence-electron chi connectivity index (χ1n) is 16.0. The van der Waals surface area contributed by atoms with Crippen molar-refractivity contribution in [2.45, 2.75) is 79.1 Å². The fourth-order valence-electron chi connectivity index (χ4n) is 4.07. The van der Waals surface area contributed by atoms with Crippen LogP contribution in [0.4, 0.5) is 9.59 Å². The maximum absolute atomic E-state index is 12.0. The fraction of sp³-hybridized carbons (Fsp3) is 0.412. The van der Waals surface area contributed by atoms with E-state index >= 15 is 0 Å². The highest BCUT2D eigenvalue weighted by Gasteiger charge is 2.13.